The van der Waals surface area contributed by atoms with Gasteiger partial charge in [0.15, 0.2) is 0 Å². The number of rotatable bonds is 3. The molecule has 86 valence electrons. The minimum Gasteiger partial charge on any atom is -0.341 e. The van der Waals surface area contributed by atoms with Crippen molar-refractivity contribution in [2.75, 3.05) is 13.1 Å². The first-order valence-electron chi connectivity index (χ1n) is 6.49. The van der Waals surface area contributed by atoms with Crippen LogP contribution in [0.4, 0.5) is 0 Å². The summed E-state index contributed by atoms with van der Waals surface area (Å²) in [7, 11) is 0. The molecule has 1 saturated heterocycles. The molecule has 2 aliphatic rings. The van der Waals surface area contributed by atoms with Crippen LogP contribution in [0.15, 0.2) is 0 Å². The van der Waals surface area contributed by atoms with E-state index in [1.807, 2.05) is 0 Å². The molecular weight excluding hydrogens is 186 g/mol. The Morgan fingerprint density at radius 2 is 1.73 bits per heavy atom. The molecule has 0 N–H and O–H groups in total. The molecule has 0 atom stereocenters. The van der Waals surface area contributed by atoms with Crippen molar-refractivity contribution in [1.82, 2.24) is 4.90 Å². The first-order valence-corrected chi connectivity index (χ1v) is 6.49. The van der Waals surface area contributed by atoms with Gasteiger partial charge in [0.05, 0.1) is 0 Å². The zero-order valence-corrected chi connectivity index (χ0v) is 10.1. The third kappa shape index (κ3) is 1.91. The number of carbonyl (C=O) groups excluding carboxylic acids is 1. The summed E-state index contributed by atoms with van der Waals surface area (Å²) in [6.07, 6.45) is 7.48. The van der Waals surface area contributed by atoms with Gasteiger partial charge in [-0.15, -0.1) is 0 Å². The van der Waals surface area contributed by atoms with Gasteiger partial charge in [0.2, 0.25) is 5.91 Å². The van der Waals surface area contributed by atoms with E-state index in [-0.39, 0.29) is 5.92 Å². The van der Waals surface area contributed by atoms with Crippen LogP contribution in [0.3, 0.4) is 0 Å². The van der Waals surface area contributed by atoms with Gasteiger partial charge < -0.3 is 4.90 Å². The van der Waals surface area contributed by atoms with E-state index < -0.39 is 0 Å². The maximum Gasteiger partial charge on any atom is 0.225 e. The van der Waals surface area contributed by atoms with E-state index in [9.17, 15) is 4.79 Å². The quantitative estimate of drug-likeness (QED) is 0.700. The lowest BCUT2D eigenvalue weighted by atomic mass is 9.77. The SMILES string of the molecule is CCC(CC)C(=O)N1CC2(CCCC2)C1. The zero-order valence-electron chi connectivity index (χ0n) is 10.1. The Morgan fingerprint density at radius 3 is 2.20 bits per heavy atom. The van der Waals surface area contributed by atoms with Gasteiger partial charge in [-0.1, -0.05) is 26.7 Å². The van der Waals surface area contributed by atoms with E-state index in [1.165, 1.54) is 25.7 Å². The van der Waals surface area contributed by atoms with E-state index in [4.69, 9.17) is 0 Å². The van der Waals surface area contributed by atoms with Crippen LogP contribution in [-0.2, 0) is 4.79 Å². The fourth-order valence-corrected chi connectivity index (χ4v) is 3.26. The second-order valence-electron chi connectivity index (χ2n) is 5.41. The van der Waals surface area contributed by atoms with E-state index in [0.29, 0.717) is 11.3 Å². The molecular formula is C13H23NO. The van der Waals surface area contributed by atoms with Crippen molar-refractivity contribution in [2.24, 2.45) is 11.3 Å². The normalized spacial score (nSPS) is 23.5. The van der Waals surface area contributed by atoms with Crippen LogP contribution in [0.5, 0.6) is 0 Å². The monoisotopic (exact) mass is 209 g/mol. The lowest BCUT2D eigenvalue weighted by molar-refractivity contribution is -0.147. The van der Waals surface area contributed by atoms with Gasteiger partial charge >= 0.3 is 0 Å². The van der Waals surface area contributed by atoms with Gasteiger partial charge in [0.1, 0.15) is 0 Å². The predicted octanol–water partition coefficient (Wildman–Crippen LogP) is 2.83. The van der Waals surface area contributed by atoms with E-state index in [1.54, 1.807) is 0 Å². The molecule has 2 fully saturated rings. The van der Waals surface area contributed by atoms with E-state index >= 15 is 0 Å². The van der Waals surface area contributed by atoms with Gasteiger partial charge in [-0.05, 0) is 25.7 Å². The van der Waals surface area contributed by atoms with Crippen molar-refractivity contribution in [3.63, 3.8) is 0 Å². The van der Waals surface area contributed by atoms with Gasteiger partial charge in [0.25, 0.3) is 0 Å². The van der Waals surface area contributed by atoms with Crippen LogP contribution in [0.2, 0.25) is 0 Å². The molecule has 0 aromatic carbocycles. The molecule has 2 rings (SSSR count). The van der Waals surface area contributed by atoms with Crippen LogP contribution in [-0.4, -0.2) is 23.9 Å². The molecule has 1 saturated carbocycles. The standard InChI is InChI=1S/C13H23NO/c1-3-11(4-2)12(15)14-9-13(10-14)7-5-6-8-13/h11H,3-10H2,1-2H3. The molecule has 0 radical (unpaired) electrons. The summed E-state index contributed by atoms with van der Waals surface area (Å²) in [5, 5.41) is 0. The molecule has 15 heavy (non-hydrogen) atoms. The second kappa shape index (κ2) is 4.15. The summed E-state index contributed by atoms with van der Waals surface area (Å²) in [4.78, 5) is 14.2. The average molecular weight is 209 g/mol. The summed E-state index contributed by atoms with van der Waals surface area (Å²) >= 11 is 0. The lowest BCUT2D eigenvalue weighted by Gasteiger charge is -2.49. The molecule has 2 nitrogen and oxygen atoms in total. The Kier molecular flexibility index (Phi) is 3.03. The van der Waals surface area contributed by atoms with Crippen molar-refractivity contribution in [1.29, 1.82) is 0 Å². The molecule has 1 heterocycles. The second-order valence-corrected chi connectivity index (χ2v) is 5.41. The van der Waals surface area contributed by atoms with Crippen molar-refractivity contribution in [2.45, 2.75) is 52.4 Å². The average Bonchev–Trinajstić information content (AvgIpc) is 2.65. The number of nitrogens with zero attached hydrogens (tertiary/aromatic N) is 1. The maximum atomic E-state index is 12.1. The molecule has 0 aromatic rings. The van der Waals surface area contributed by atoms with Gasteiger partial charge in [-0.2, -0.15) is 0 Å². The molecule has 0 unspecified atom stereocenters. The Labute approximate surface area is 93.0 Å². The molecule has 0 bridgehead atoms. The van der Waals surface area contributed by atoms with Crippen molar-refractivity contribution in [3.05, 3.63) is 0 Å². The van der Waals surface area contributed by atoms with Crippen LogP contribution in [0.1, 0.15) is 52.4 Å². The van der Waals surface area contributed by atoms with Crippen molar-refractivity contribution in [3.8, 4) is 0 Å². The number of hydrogen-bond acceptors (Lipinski definition) is 1. The molecule has 1 spiro atoms. The highest BCUT2D eigenvalue weighted by atomic mass is 16.2. The number of carbonyl (C=O) groups is 1. The highest BCUT2D eigenvalue weighted by Crippen LogP contribution is 2.45. The summed E-state index contributed by atoms with van der Waals surface area (Å²) in [5.74, 6) is 0.696. The van der Waals surface area contributed by atoms with Crippen molar-refractivity contribution < 1.29 is 4.79 Å². The number of amides is 1. The summed E-state index contributed by atoms with van der Waals surface area (Å²) < 4.78 is 0. The third-order valence-corrected chi connectivity index (χ3v) is 4.36. The summed E-state index contributed by atoms with van der Waals surface area (Å²) in [6, 6.07) is 0. The zero-order chi connectivity index (χ0) is 10.9. The predicted molar refractivity (Wildman–Crippen MR) is 61.6 cm³/mol. The van der Waals surface area contributed by atoms with Crippen LogP contribution >= 0.6 is 0 Å². The molecule has 1 amide bonds. The molecule has 0 aromatic heterocycles. The number of hydrogen-bond donors (Lipinski definition) is 0. The minimum atomic E-state index is 0.281. The summed E-state index contributed by atoms with van der Waals surface area (Å²) in [5.41, 5.74) is 0.557. The fraction of sp³-hybridized carbons (Fsp3) is 0.923. The van der Waals surface area contributed by atoms with Crippen molar-refractivity contribution >= 4 is 5.91 Å². The van der Waals surface area contributed by atoms with Gasteiger partial charge in [0, 0.05) is 24.4 Å². The fourth-order valence-electron chi connectivity index (χ4n) is 3.26. The minimum absolute atomic E-state index is 0.281. The molecule has 2 heteroatoms. The van der Waals surface area contributed by atoms with Gasteiger partial charge in [-0.3, -0.25) is 4.79 Å². The molecule has 1 aliphatic heterocycles. The first-order chi connectivity index (χ1) is 7.21. The highest BCUT2D eigenvalue weighted by Gasteiger charge is 2.47. The Balaban J connectivity index is 1.85. The van der Waals surface area contributed by atoms with E-state index in [2.05, 4.69) is 18.7 Å². The maximum absolute atomic E-state index is 12.1. The van der Waals surface area contributed by atoms with Gasteiger partial charge in [-0.25, -0.2) is 0 Å². The van der Waals surface area contributed by atoms with Crippen LogP contribution < -0.4 is 0 Å². The Hall–Kier alpha value is -0.530. The number of likely N-dealkylation sites (tertiary alicyclic amines) is 1. The van der Waals surface area contributed by atoms with Crippen LogP contribution in [0.25, 0.3) is 0 Å². The lowest BCUT2D eigenvalue weighted by Crippen LogP contribution is -2.58. The summed E-state index contributed by atoms with van der Waals surface area (Å²) in [6.45, 7) is 6.36. The molecule has 1 aliphatic carbocycles. The third-order valence-electron chi connectivity index (χ3n) is 4.36. The Bertz CT molecular complexity index is 231. The van der Waals surface area contributed by atoms with Crippen LogP contribution in [0, 0.1) is 11.3 Å². The highest BCUT2D eigenvalue weighted by molar-refractivity contribution is 5.79. The first kappa shape index (κ1) is 11.0. The van der Waals surface area contributed by atoms with E-state index in [0.717, 1.165) is 25.9 Å². The smallest absolute Gasteiger partial charge is 0.225 e. The topological polar surface area (TPSA) is 20.3 Å². The largest absolute Gasteiger partial charge is 0.341 e. The Morgan fingerprint density at radius 1 is 1.20 bits per heavy atom.